The number of carbonyl (C=O) groups is 1. The van der Waals surface area contributed by atoms with E-state index in [-0.39, 0.29) is 5.91 Å². The topological polar surface area (TPSA) is 63.2 Å². The summed E-state index contributed by atoms with van der Waals surface area (Å²) >= 11 is 0. The van der Waals surface area contributed by atoms with Gasteiger partial charge in [0, 0.05) is 20.2 Å². The molecule has 0 spiro atoms. The molecule has 0 saturated carbocycles. The van der Waals surface area contributed by atoms with Gasteiger partial charge in [0.15, 0.2) is 0 Å². The van der Waals surface area contributed by atoms with Gasteiger partial charge in [-0.15, -0.1) is 0 Å². The Morgan fingerprint density at radius 1 is 1.37 bits per heavy atom. The van der Waals surface area contributed by atoms with Crippen LogP contribution in [0.3, 0.4) is 0 Å². The molecule has 1 heterocycles. The molecule has 1 aromatic rings. The fourth-order valence-electron chi connectivity index (χ4n) is 1.42. The van der Waals surface area contributed by atoms with Gasteiger partial charge in [-0.25, -0.2) is 4.98 Å². The van der Waals surface area contributed by atoms with Crippen molar-refractivity contribution < 1.29 is 9.53 Å². The summed E-state index contributed by atoms with van der Waals surface area (Å²) in [6.07, 6.45) is 2.68. The van der Waals surface area contributed by atoms with Gasteiger partial charge in [-0.1, -0.05) is 13.8 Å². The Bertz CT molecular complexity index is 377. The molecule has 0 aliphatic carbocycles. The second kappa shape index (κ2) is 8.48. The monoisotopic (exact) mass is 265 g/mol. The molecular formula is C14H23N3O2. The van der Waals surface area contributed by atoms with Crippen LogP contribution in [0, 0.1) is 5.92 Å². The van der Waals surface area contributed by atoms with Gasteiger partial charge >= 0.3 is 0 Å². The average molecular weight is 265 g/mol. The number of rotatable bonds is 8. The third kappa shape index (κ3) is 6.20. The summed E-state index contributed by atoms with van der Waals surface area (Å²) in [6, 6.07) is 3.52. The minimum absolute atomic E-state index is 0.171. The molecule has 19 heavy (non-hydrogen) atoms. The Kier molecular flexibility index (Phi) is 6.89. The maximum absolute atomic E-state index is 11.7. The molecule has 2 N–H and O–H groups in total. The van der Waals surface area contributed by atoms with E-state index in [0.717, 1.165) is 18.7 Å². The zero-order valence-electron chi connectivity index (χ0n) is 11.9. The number of nitrogens with zero attached hydrogens (tertiary/aromatic N) is 1. The lowest BCUT2D eigenvalue weighted by Crippen LogP contribution is -2.28. The summed E-state index contributed by atoms with van der Waals surface area (Å²) in [5, 5.41) is 5.73. The smallest absolute Gasteiger partial charge is 0.269 e. The quantitative estimate of drug-likeness (QED) is 0.705. The normalized spacial score (nSPS) is 10.5. The van der Waals surface area contributed by atoms with Gasteiger partial charge < -0.3 is 15.4 Å². The standard InChI is InChI=1S/C14H23N3O2/c1-11(2)6-8-19-9-7-16-14(18)13-5-4-12(15-3)10-17-13/h4-5,10-11,15H,6-9H2,1-3H3,(H,16,18). The zero-order chi connectivity index (χ0) is 14.1. The van der Waals surface area contributed by atoms with Gasteiger partial charge in [0.2, 0.25) is 0 Å². The van der Waals surface area contributed by atoms with Crippen molar-refractivity contribution in [3.05, 3.63) is 24.0 Å². The first-order chi connectivity index (χ1) is 9.13. The highest BCUT2D eigenvalue weighted by molar-refractivity contribution is 5.92. The van der Waals surface area contributed by atoms with Crippen LogP contribution < -0.4 is 10.6 Å². The van der Waals surface area contributed by atoms with Crippen molar-refractivity contribution in [1.29, 1.82) is 0 Å². The number of amides is 1. The Balaban J connectivity index is 2.20. The number of ether oxygens (including phenoxy) is 1. The van der Waals surface area contributed by atoms with Gasteiger partial charge in [-0.2, -0.15) is 0 Å². The Hall–Kier alpha value is -1.62. The number of pyridine rings is 1. The molecule has 0 bridgehead atoms. The first kappa shape index (κ1) is 15.4. The highest BCUT2D eigenvalue weighted by Crippen LogP contribution is 2.04. The van der Waals surface area contributed by atoms with Crippen LogP contribution in [0.5, 0.6) is 0 Å². The molecule has 0 saturated heterocycles. The first-order valence-corrected chi connectivity index (χ1v) is 6.63. The number of nitrogens with one attached hydrogen (secondary N) is 2. The summed E-state index contributed by atoms with van der Waals surface area (Å²) in [7, 11) is 1.81. The van der Waals surface area contributed by atoms with Gasteiger partial charge in [0.1, 0.15) is 5.69 Å². The van der Waals surface area contributed by atoms with Gasteiger partial charge in [0.25, 0.3) is 5.91 Å². The van der Waals surface area contributed by atoms with E-state index in [1.165, 1.54) is 0 Å². The van der Waals surface area contributed by atoms with Crippen LogP contribution in [0.4, 0.5) is 5.69 Å². The number of aromatic nitrogens is 1. The third-order valence-corrected chi connectivity index (χ3v) is 2.66. The SMILES string of the molecule is CNc1ccc(C(=O)NCCOCCC(C)C)nc1. The molecular weight excluding hydrogens is 242 g/mol. The lowest BCUT2D eigenvalue weighted by Gasteiger charge is -2.08. The van der Waals surface area contributed by atoms with Crippen molar-refractivity contribution in [1.82, 2.24) is 10.3 Å². The van der Waals surface area contributed by atoms with E-state index in [1.54, 1.807) is 12.3 Å². The van der Waals surface area contributed by atoms with E-state index >= 15 is 0 Å². The van der Waals surface area contributed by atoms with Gasteiger partial charge in [-0.3, -0.25) is 4.79 Å². The van der Waals surface area contributed by atoms with E-state index < -0.39 is 0 Å². The van der Waals surface area contributed by atoms with Crippen molar-refractivity contribution in [2.45, 2.75) is 20.3 Å². The molecule has 0 aliphatic heterocycles. The highest BCUT2D eigenvalue weighted by Gasteiger charge is 2.05. The van der Waals surface area contributed by atoms with Crippen molar-refractivity contribution in [3.63, 3.8) is 0 Å². The summed E-state index contributed by atoms with van der Waals surface area (Å²) < 4.78 is 5.42. The molecule has 0 unspecified atom stereocenters. The van der Waals surface area contributed by atoms with Crippen molar-refractivity contribution in [2.75, 3.05) is 32.1 Å². The van der Waals surface area contributed by atoms with E-state index in [1.807, 2.05) is 13.1 Å². The van der Waals surface area contributed by atoms with Crippen LogP contribution in [0.15, 0.2) is 18.3 Å². The molecule has 1 aromatic heterocycles. The minimum atomic E-state index is -0.171. The molecule has 1 amide bonds. The molecule has 0 radical (unpaired) electrons. The fourth-order valence-corrected chi connectivity index (χ4v) is 1.42. The molecule has 106 valence electrons. The summed E-state index contributed by atoms with van der Waals surface area (Å²) in [4.78, 5) is 15.8. The maximum Gasteiger partial charge on any atom is 0.269 e. The van der Waals surface area contributed by atoms with Gasteiger partial charge in [-0.05, 0) is 24.5 Å². The van der Waals surface area contributed by atoms with E-state index in [9.17, 15) is 4.79 Å². The van der Waals surface area contributed by atoms with E-state index in [2.05, 4.69) is 29.5 Å². The molecule has 0 aliphatic rings. The Morgan fingerprint density at radius 3 is 2.74 bits per heavy atom. The molecule has 0 atom stereocenters. The average Bonchev–Trinajstić information content (AvgIpc) is 2.42. The second-order valence-corrected chi connectivity index (χ2v) is 4.73. The molecule has 1 rings (SSSR count). The zero-order valence-corrected chi connectivity index (χ0v) is 11.9. The second-order valence-electron chi connectivity index (χ2n) is 4.73. The van der Waals surface area contributed by atoms with Crippen molar-refractivity contribution >= 4 is 11.6 Å². The molecule has 5 heteroatoms. The summed E-state index contributed by atoms with van der Waals surface area (Å²) in [6.45, 7) is 6.10. The van der Waals surface area contributed by atoms with Gasteiger partial charge in [0.05, 0.1) is 18.5 Å². The van der Waals surface area contributed by atoms with Crippen LogP contribution in [-0.4, -0.2) is 37.7 Å². The lowest BCUT2D eigenvalue weighted by atomic mass is 10.1. The predicted octanol–water partition coefficient (Wildman–Crippen LogP) is 1.92. The minimum Gasteiger partial charge on any atom is -0.387 e. The fraction of sp³-hybridized carbons (Fsp3) is 0.571. The molecule has 0 fully saturated rings. The van der Waals surface area contributed by atoms with Crippen LogP contribution in [0.2, 0.25) is 0 Å². The molecule has 0 aromatic carbocycles. The number of carbonyl (C=O) groups excluding carboxylic acids is 1. The number of anilines is 1. The molecule has 5 nitrogen and oxygen atoms in total. The first-order valence-electron chi connectivity index (χ1n) is 6.63. The van der Waals surface area contributed by atoms with Crippen LogP contribution >= 0.6 is 0 Å². The van der Waals surface area contributed by atoms with Crippen LogP contribution in [-0.2, 0) is 4.74 Å². The van der Waals surface area contributed by atoms with Crippen LogP contribution in [0.25, 0.3) is 0 Å². The van der Waals surface area contributed by atoms with Crippen molar-refractivity contribution in [3.8, 4) is 0 Å². The lowest BCUT2D eigenvalue weighted by molar-refractivity contribution is 0.0901. The number of hydrogen-bond donors (Lipinski definition) is 2. The van der Waals surface area contributed by atoms with Crippen LogP contribution in [0.1, 0.15) is 30.8 Å². The maximum atomic E-state index is 11.7. The third-order valence-electron chi connectivity index (χ3n) is 2.66. The van der Waals surface area contributed by atoms with E-state index in [4.69, 9.17) is 4.74 Å². The predicted molar refractivity (Wildman–Crippen MR) is 76.4 cm³/mol. The Labute approximate surface area is 114 Å². The summed E-state index contributed by atoms with van der Waals surface area (Å²) in [5.74, 6) is 0.472. The number of hydrogen-bond acceptors (Lipinski definition) is 4. The largest absolute Gasteiger partial charge is 0.387 e. The summed E-state index contributed by atoms with van der Waals surface area (Å²) in [5.41, 5.74) is 1.30. The van der Waals surface area contributed by atoms with E-state index in [0.29, 0.717) is 24.8 Å². The highest BCUT2D eigenvalue weighted by atomic mass is 16.5. The Morgan fingerprint density at radius 2 is 2.16 bits per heavy atom. The van der Waals surface area contributed by atoms with Crippen molar-refractivity contribution in [2.24, 2.45) is 5.92 Å².